The number of nitrogens with zero attached hydrogens (tertiary/aromatic N) is 5. The molecule has 2 aromatic rings. The molecule has 4 rings (SSSR count). The first-order valence-corrected chi connectivity index (χ1v) is 10.8. The van der Waals surface area contributed by atoms with E-state index in [1.165, 1.54) is 6.42 Å². The van der Waals surface area contributed by atoms with Crippen molar-refractivity contribution in [2.45, 2.75) is 39.2 Å². The summed E-state index contributed by atoms with van der Waals surface area (Å²) in [5, 5.41) is 8.90. The lowest BCUT2D eigenvalue weighted by atomic mass is 10.1. The second-order valence-corrected chi connectivity index (χ2v) is 8.32. The molecule has 2 aliphatic heterocycles. The van der Waals surface area contributed by atoms with Gasteiger partial charge in [-0.3, -0.25) is 9.69 Å². The van der Waals surface area contributed by atoms with Gasteiger partial charge in [0, 0.05) is 56.4 Å². The molecule has 6 heteroatoms. The van der Waals surface area contributed by atoms with E-state index in [-0.39, 0.29) is 5.91 Å². The number of amides is 1. The van der Waals surface area contributed by atoms with Crippen LogP contribution in [-0.2, 0) is 0 Å². The molecule has 3 heterocycles. The van der Waals surface area contributed by atoms with E-state index >= 15 is 0 Å². The zero-order chi connectivity index (χ0) is 20.2. The fourth-order valence-corrected chi connectivity index (χ4v) is 4.18. The lowest BCUT2D eigenvalue weighted by molar-refractivity contribution is 0.0724. The average Bonchev–Trinajstić information content (AvgIpc) is 2.79. The molecule has 154 valence electrons. The van der Waals surface area contributed by atoms with Gasteiger partial charge in [0.15, 0.2) is 5.82 Å². The SMILES string of the molecule is CC(C)N1CCN(c2ccc(-c3ccc(C(=O)N4CCCCC4)cc3)nn2)CC1. The summed E-state index contributed by atoms with van der Waals surface area (Å²) in [5.41, 5.74) is 2.58. The Morgan fingerprint density at radius 2 is 1.52 bits per heavy atom. The van der Waals surface area contributed by atoms with Crippen molar-refractivity contribution in [3.05, 3.63) is 42.0 Å². The number of carbonyl (C=O) groups excluding carboxylic acids is 1. The molecule has 2 saturated heterocycles. The lowest BCUT2D eigenvalue weighted by Crippen LogP contribution is -2.49. The van der Waals surface area contributed by atoms with Crippen LogP contribution >= 0.6 is 0 Å². The lowest BCUT2D eigenvalue weighted by Gasteiger charge is -2.37. The van der Waals surface area contributed by atoms with Gasteiger partial charge < -0.3 is 9.80 Å². The number of rotatable bonds is 4. The Kier molecular flexibility index (Phi) is 6.09. The normalized spacial score (nSPS) is 18.3. The highest BCUT2D eigenvalue weighted by Gasteiger charge is 2.20. The minimum absolute atomic E-state index is 0.137. The van der Waals surface area contributed by atoms with Crippen LogP contribution in [-0.4, -0.2) is 71.2 Å². The molecular weight excluding hydrogens is 362 g/mol. The van der Waals surface area contributed by atoms with Crippen molar-refractivity contribution >= 4 is 11.7 Å². The number of piperidine rings is 1. The molecular formula is C23H31N5O. The van der Waals surface area contributed by atoms with E-state index in [0.29, 0.717) is 6.04 Å². The summed E-state index contributed by atoms with van der Waals surface area (Å²) in [6.07, 6.45) is 3.45. The van der Waals surface area contributed by atoms with Crippen molar-refractivity contribution in [3.8, 4) is 11.3 Å². The number of benzene rings is 1. The van der Waals surface area contributed by atoms with Crippen LogP contribution in [0.15, 0.2) is 36.4 Å². The molecule has 2 fully saturated rings. The maximum Gasteiger partial charge on any atom is 0.253 e. The maximum atomic E-state index is 12.6. The topological polar surface area (TPSA) is 52.6 Å². The standard InChI is InChI=1S/C23H31N5O/c1-18(2)26-14-16-27(17-15-26)22-11-10-21(24-25-22)19-6-8-20(9-7-19)23(29)28-12-4-3-5-13-28/h6-11,18H,3-5,12-17H2,1-2H3. The Morgan fingerprint density at radius 3 is 2.10 bits per heavy atom. The van der Waals surface area contributed by atoms with E-state index in [1.54, 1.807) is 0 Å². The average molecular weight is 394 g/mol. The van der Waals surface area contributed by atoms with Gasteiger partial charge in [-0.1, -0.05) is 12.1 Å². The molecule has 1 aromatic heterocycles. The summed E-state index contributed by atoms with van der Waals surface area (Å²) in [7, 11) is 0. The van der Waals surface area contributed by atoms with Gasteiger partial charge in [-0.25, -0.2) is 0 Å². The molecule has 1 aromatic carbocycles. The number of aromatic nitrogens is 2. The van der Waals surface area contributed by atoms with Crippen LogP contribution in [0.5, 0.6) is 0 Å². The summed E-state index contributed by atoms with van der Waals surface area (Å²) < 4.78 is 0. The van der Waals surface area contributed by atoms with Crippen molar-refractivity contribution in [1.82, 2.24) is 20.0 Å². The van der Waals surface area contributed by atoms with Gasteiger partial charge in [0.05, 0.1) is 5.69 Å². The molecule has 0 saturated carbocycles. The van der Waals surface area contributed by atoms with Crippen molar-refractivity contribution in [2.24, 2.45) is 0 Å². The van der Waals surface area contributed by atoms with E-state index in [4.69, 9.17) is 0 Å². The summed E-state index contributed by atoms with van der Waals surface area (Å²) in [5.74, 6) is 1.08. The minimum atomic E-state index is 0.137. The Labute approximate surface area is 173 Å². The smallest absolute Gasteiger partial charge is 0.253 e. The molecule has 0 spiro atoms. The summed E-state index contributed by atoms with van der Waals surface area (Å²) in [6.45, 7) is 10.3. The molecule has 29 heavy (non-hydrogen) atoms. The van der Waals surface area contributed by atoms with Crippen molar-refractivity contribution in [2.75, 3.05) is 44.2 Å². The van der Waals surface area contributed by atoms with Gasteiger partial charge in [0.2, 0.25) is 0 Å². The second-order valence-electron chi connectivity index (χ2n) is 8.32. The van der Waals surface area contributed by atoms with Crippen molar-refractivity contribution in [1.29, 1.82) is 0 Å². The van der Waals surface area contributed by atoms with Crippen LogP contribution in [0.4, 0.5) is 5.82 Å². The number of hydrogen-bond acceptors (Lipinski definition) is 5. The molecule has 6 nitrogen and oxygen atoms in total. The summed E-state index contributed by atoms with van der Waals surface area (Å²) in [4.78, 5) is 19.4. The van der Waals surface area contributed by atoms with E-state index < -0.39 is 0 Å². The Balaban J connectivity index is 1.39. The van der Waals surface area contributed by atoms with Crippen LogP contribution < -0.4 is 4.90 Å². The van der Waals surface area contributed by atoms with Gasteiger partial charge in [-0.15, -0.1) is 10.2 Å². The molecule has 0 radical (unpaired) electrons. The Morgan fingerprint density at radius 1 is 0.828 bits per heavy atom. The molecule has 0 unspecified atom stereocenters. The van der Waals surface area contributed by atoms with E-state index in [1.807, 2.05) is 35.2 Å². The fraction of sp³-hybridized carbons (Fsp3) is 0.522. The molecule has 0 bridgehead atoms. The Bertz CT molecular complexity index is 804. The van der Waals surface area contributed by atoms with Gasteiger partial charge in [0.1, 0.15) is 0 Å². The van der Waals surface area contributed by atoms with Gasteiger partial charge in [0.25, 0.3) is 5.91 Å². The maximum absolute atomic E-state index is 12.6. The van der Waals surface area contributed by atoms with Gasteiger partial charge in [-0.2, -0.15) is 0 Å². The fourth-order valence-electron chi connectivity index (χ4n) is 4.18. The van der Waals surface area contributed by atoms with Gasteiger partial charge in [-0.05, 0) is 57.4 Å². The van der Waals surface area contributed by atoms with Crippen LogP contribution in [0.2, 0.25) is 0 Å². The zero-order valence-electron chi connectivity index (χ0n) is 17.5. The predicted molar refractivity (Wildman–Crippen MR) is 116 cm³/mol. The Hall–Kier alpha value is -2.47. The van der Waals surface area contributed by atoms with Crippen LogP contribution in [0, 0.1) is 0 Å². The zero-order valence-corrected chi connectivity index (χ0v) is 17.5. The number of carbonyl (C=O) groups is 1. The monoisotopic (exact) mass is 393 g/mol. The first-order chi connectivity index (χ1) is 14.1. The minimum Gasteiger partial charge on any atom is -0.353 e. The first kappa shape index (κ1) is 19.8. The third-order valence-corrected chi connectivity index (χ3v) is 6.09. The molecule has 0 atom stereocenters. The number of hydrogen-bond donors (Lipinski definition) is 0. The second kappa shape index (κ2) is 8.91. The third-order valence-electron chi connectivity index (χ3n) is 6.09. The highest BCUT2D eigenvalue weighted by Crippen LogP contribution is 2.21. The quantitative estimate of drug-likeness (QED) is 0.798. The number of anilines is 1. The predicted octanol–water partition coefficient (Wildman–Crippen LogP) is 3.30. The van der Waals surface area contributed by atoms with Gasteiger partial charge >= 0.3 is 0 Å². The molecule has 1 amide bonds. The van der Waals surface area contributed by atoms with Crippen LogP contribution in [0.3, 0.4) is 0 Å². The third kappa shape index (κ3) is 4.58. The highest BCUT2D eigenvalue weighted by molar-refractivity contribution is 5.94. The molecule has 0 N–H and O–H groups in total. The number of piperazine rings is 1. The van der Waals surface area contributed by atoms with Crippen LogP contribution in [0.25, 0.3) is 11.3 Å². The van der Waals surface area contributed by atoms with E-state index in [0.717, 1.165) is 74.7 Å². The first-order valence-electron chi connectivity index (χ1n) is 10.8. The molecule has 2 aliphatic rings. The van der Waals surface area contributed by atoms with Crippen LogP contribution in [0.1, 0.15) is 43.5 Å². The summed E-state index contributed by atoms with van der Waals surface area (Å²) in [6, 6.07) is 12.4. The summed E-state index contributed by atoms with van der Waals surface area (Å²) >= 11 is 0. The van der Waals surface area contributed by atoms with Crippen molar-refractivity contribution in [3.63, 3.8) is 0 Å². The van der Waals surface area contributed by atoms with E-state index in [9.17, 15) is 4.79 Å². The molecule has 0 aliphatic carbocycles. The largest absolute Gasteiger partial charge is 0.353 e. The number of likely N-dealkylation sites (tertiary alicyclic amines) is 1. The highest BCUT2D eigenvalue weighted by atomic mass is 16.2. The van der Waals surface area contributed by atoms with E-state index in [2.05, 4.69) is 39.9 Å². The van der Waals surface area contributed by atoms with Crippen molar-refractivity contribution < 1.29 is 4.79 Å².